The molecule has 0 amide bonds. The van der Waals surface area contributed by atoms with E-state index >= 15 is 0 Å². The molecule has 0 saturated carbocycles. The summed E-state index contributed by atoms with van der Waals surface area (Å²) >= 11 is 0. The number of halogens is 5. The lowest BCUT2D eigenvalue weighted by molar-refractivity contribution is -0.137. The number of nitrogens with one attached hydrogen (secondary N) is 1. The van der Waals surface area contributed by atoms with E-state index in [-0.39, 0.29) is 17.3 Å². The molecule has 0 atom stereocenters. The molecule has 2 heterocycles. The Kier molecular flexibility index (Phi) is 5.52. The van der Waals surface area contributed by atoms with Gasteiger partial charge in [-0.1, -0.05) is 0 Å². The highest BCUT2D eigenvalue weighted by molar-refractivity contribution is 5.64. The van der Waals surface area contributed by atoms with Gasteiger partial charge in [0.15, 0.2) is 11.6 Å². The Hall–Kier alpha value is -3.21. The molecule has 11 heteroatoms. The number of anilines is 3. The molecule has 1 fully saturated rings. The number of benzene rings is 2. The fraction of sp³-hybridized carbons (Fsp3) is 0.300. The van der Waals surface area contributed by atoms with Gasteiger partial charge < -0.3 is 15.1 Å². The molecular formula is C20H19F5N6. The molecule has 4 rings (SSSR count). The second-order valence-corrected chi connectivity index (χ2v) is 7.29. The lowest BCUT2D eigenvalue weighted by Gasteiger charge is -2.34. The summed E-state index contributed by atoms with van der Waals surface area (Å²) in [4.78, 5) is 8.01. The van der Waals surface area contributed by atoms with Gasteiger partial charge in [-0.25, -0.2) is 13.5 Å². The summed E-state index contributed by atoms with van der Waals surface area (Å²) in [6, 6.07) is 6.94. The molecule has 1 N–H and O–H groups in total. The van der Waals surface area contributed by atoms with E-state index in [4.69, 9.17) is 0 Å². The zero-order chi connectivity index (χ0) is 22.2. The van der Waals surface area contributed by atoms with Crippen molar-refractivity contribution in [2.24, 2.45) is 0 Å². The van der Waals surface area contributed by atoms with Crippen molar-refractivity contribution in [1.82, 2.24) is 19.7 Å². The SMILES string of the molecule is CN1CCN(c2cc(Nc3ncn(-c4ccc(F)c(F)c4)n3)cc(C(F)(F)F)c2)CC1. The first-order valence-electron chi connectivity index (χ1n) is 9.49. The lowest BCUT2D eigenvalue weighted by Crippen LogP contribution is -2.44. The van der Waals surface area contributed by atoms with Gasteiger partial charge in [0, 0.05) is 43.6 Å². The van der Waals surface area contributed by atoms with E-state index in [9.17, 15) is 22.0 Å². The quantitative estimate of drug-likeness (QED) is 0.623. The maximum absolute atomic E-state index is 13.5. The van der Waals surface area contributed by atoms with Gasteiger partial charge in [-0.05, 0) is 37.4 Å². The molecule has 0 aliphatic carbocycles. The van der Waals surface area contributed by atoms with Gasteiger partial charge in [0.05, 0.1) is 11.3 Å². The Morgan fingerprint density at radius 2 is 1.65 bits per heavy atom. The van der Waals surface area contributed by atoms with Gasteiger partial charge in [-0.3, -0.25) is 0 Å². The zero-order valence-electron chi connectivity index (χ0n) is 16.5. The van der Waals surface area contributed by atoms with Crippen molar-refractivity contribution in [1.29, 1.82) is 0 Å². The first-order chi connectivity index (χ1) is 14.7. The number of nitrogens with zero attached hydrogens (tertiary/aromatic N) is 5. The third-order valence-corrected chi connectivity index (χ3v) is 5.03. The smallest absolute Gasteiger partial charge is 0.369 e. The van der Waals surface area contributed by atoms with Crippen LogP contribution in [0.1, 0.15) is 5.56 Å². The average molecular weight is 438 g/mol. The van der Waals surface area contributed by atoms with Gasteiger partial charge >= 0.3 is 6.18 Å². The Balaban J connectivity index is 1.61. The Bertz CT molecular complexity index is 1070. The third-order valence-electron chi connectivity index (χ3n) is 5.03. The number of hydrogen-bond donors (Lipinski definition) is 1. The van der Waals surface area contributed by atoms with Crippen LogP contribution >= 0.6 is 0 Å². The lowest BCUT2D eigenvalue weighted by atomic mass is 10.1. The fourth-order valence-corrected chi connectivity index (χ4v) is 3.30. The number of hydrogen-bond acceptors (Lipinski definition) is 5. The molecule has 0 spiro atoms. The summed E-state index contributed by atoms with van der Waals surface area (Å²) in [6.07, 6.45) is -3.26. The van der Waals surface area contributed by atoms with Crippen molar-refractivity contribution in [2.45, 2.75) is 6.18 Å². The third kappa shape index (κ3) is 4.76. The summed E-state index contributed by atoms with van der Waals surface area (Å²) in [7, 11) is 1.96. The van der Waals surface area contributed by atoms with Crippen molar-refractivity contribution < 1.29 is 22.0 Å². The maximum atomic E-state index is 13.5. The van der Waals surface area contributed by atoms with E-state index in [0.717, 1.165) is 37.4 Å². The summed E-state index contributed by atoms with van der Waals surface area (Å²) in [6.45, 7) is 2.72. The maximum Gasteiger partial charge on any atom is 0.416 e. The van der Waals surface area contributed by atoms with Crippen LogP contribution in [0.5, 0.6) is 0 Å². The average Bonchev–Trinajstić information content (AvgIpc) is 3.18. The normalized spacial score (nSPS) is 15.4. The molecule has 3 aromatic rings. The summed E-state index contributed by atoms with van der Waals surface area (Å²) in [5, 5.41) is 6.87. The Morgan fingerprint density at radius 3 is 2.32 bits per heavy atom. The molecule has 1 aliphatic rings. The number of rotatable bonds is 4. The van der Waals surface area contributed by atoms with Gasteiger partial charge in [0.25, 0.3) is 0 Å². The van der Waals surface area contributed by atoms with Crippen LogP contribution in [0.4, 0.5) is 39.3 Å². The predicted molar refractivity (Wildman–Crippen MR) is 106 cm³/mol. The van der Waals surface area contributed by atoms with Gasteiger partial charge in [-0.2, -0.15) is 18.2 Å². The minimum atomic E-state index is -4.52. The van der Waals surface area contributed by atoms with Crippen molar-refractivity contribution >= 4 is 17.3 Å². The number of piperazine rings is 1. The van der Waals surface area contributed by atoms with E-state index in [1.807, 2.05) is 11.9 Å². The molecule has 6 nitrogen and oxygen atoms in total. The van der Waals surface area contributed by atoms with Crippen LogP contribution in [0.3, 0.4) is 0 Å². The molecule has 1 saturated heterocycles. The molecular weight excluding hydrogens is 419 g/mol. The molecule has 164 valence electrons. The van der Waals surface area contributed by atoms with E-state index in [1.165, 1.54) is 17.1 Å². The largest absolute Gasteiger partial charge is 0.416 e. The van der Waals surface area contributed by atoms with Crippen molar-refractivity contribution in [3.8, 4) is 5.69 Å². The predicted octanol–water partition coefficient (Wildman–Crippen LogP) is 4.06. The Labute approximate surface area is 174 Å². The molecule has 2 aromatic carbocycles. The minimum absolute atomic E-state index is 0.0217. The van der Waals surface area contributed by atoms with Crippen LogP contribution in [0, 0.1) is 11.6 Å². The molecule has 1 aliphatic heterocycles. The highest BCUT2D eigenvalue weighted by Gasteiger charge is 2.32. The van der Waals surface area contributed by atoms with Crippen LogP contribution in [0.15, 0.2) is 42.7 Å². The number of alkyl halides is 3. The van der Waals surface area contributed by atoms with Crippen LogP contribution in [-0.4, -0.2) is 52.9 Å². The molecule has 0 unspecified atom stereocenters. The van der Waals surface area contributed by atoms with Gasteiger partial charge in [0.2, 0.25) is 5.95 Å². The summed E-state index contributed by atoms with van der Waals surface area (Å²) in [5.41, 5.74) is 0.0605. The first-order valence-corrected chi connectivity index (χ1v) is 9.49. The monoisotopic (exact) mass is 438 g/mol. The van der Waals surface area contributed by atoms with E-state index in [2.05, 4.69) is 20.3 Å². The van der Waals surface area contributed by atoms with Gasteiger partial charge in [-0.15, -0.1) is 5.10 Å². The van der Waals surface area contributed by atoms with Gasteiger partial charge in [0.1, 0.15) is 6.33 Å². The molecule has 0 radical (unpaired) electrons. The summed E-state index contributed by atoms with van der Waals surface area (Å²) in [5.74, 6) is -2.02. The second-order valence-electron chi connectivity index (χ2n) is 7.29. The minimum Gasteiger partial charge on any atom is -0.369 e. The second kappa shape index (κ2) is 8.14. The van der Waals surface area contributed by atoms with Crippen molar-refractivity contribution in [3.05, 3.63) is 59.9 Å². The standard InChI is InChI=1S/C20H19F5N6/c1-29-4-6-30(7-5-29)16-9-13(20(23,24)25)8-14(10-16)27-19-26-12-31(28-19)15-2-3-17(21)18(22)11-15/h2-3,8-12H,4-7H2,1H3,(H,27,28). The Morgan fingerprint density at radius 1 is 0.903 bits per heavy atom. The van der Waals surface area contributed by atoms with Crippen molar-refractivity contribution in [3.63, 3.8) is 0 Å². The zero-order valence-corrected chi connectivity index (χ0v) is 16.5. The van der Waals surface area contributed by atoms with Crippen molar-refractivity contribution in [2.75, 3.05) is 43.4 Å². The molecule has 0 bridgehead atoms. The highest BCUT2D eigenvalue weighted by Crippen LogP contribution is 2.35. The molecule has 31 heavy (non-hydrogen) atoms. The van der Waals surface area contributed by atoms with E-state index < -0.39 is 23.4 Å². The topological polar surface area (TPSA) is 49.2 Å². The number of likely N-dealkylation sites (N-methyl/N-ethyl adjacent to an activating group) is 1. The molecule has 1 aromatic heterocycles. The fourth-order valence-electron chi connectivity index (χ4n) is 3.30. The van der Waals surface area contributed by atoms with Crippen LogP contribution in [0.2, 0.25) is 0 Å². The van der Waals surface area contributed by atoms with Crippen LogP contribution in [-0.2, 0) is 6.18 Å². The van der Waals surface area contributed by atoms with E-state index in [1.54, 1.807) is 6.07 Å². The van der Waals surface area contributed by atoms with E-state index in [0.29, 0.717) is 18.8 Å². The highest BCUT2D eigenvalue weighted by atomic mass is 19.4. The number of aromatic nitrogens is 3. The summed E-state index contributed by atoms with van der Waals surface area (Å²) < 4.78 is 68.1. The van der Waals surface area contributed by atoms with Crippen LogP contribution < -0.4 is 10.2 Å². The van der Waals surface area contributed by atoms with Crippen LogP contribution in [0.25, 0.3) is 5.69 Å². The first kappa shape index (κ1) is 21.0.